The molecule has 5 nitrogen and oxygen atoms in total. The molecule has 1 aliphatic rings. The first-order valence-electron chi connectivity index (χ1n) is 9.52. The number of likely N-dealkylation sites (tertiary alicyclic amines) is 1. The van der Waals surface area contributed by atoms with Crippen molar-refractivity contribution in [1.29, 1.82) is 0 Å². The van der Waals surface area contributed by atoms with E-state index >= 15 is 0 Å². The SMILES string of the molecule is O=C(O)N1CCC(CCCON=C(c2ccccc2)c2ccccc2)CC1. The molecule has 1 heterocycles. The van der Waals surface area contributed by atoms with Gasteiger partial charge in [0.2, 0.25) is 0 Å². The van der Waals surface area contributed by atoms with Gasteiger partial charge >= 0.3 is 6.09 Å². The van der Waals surface area contributed by atoms with Gasteiger partial charge in [-0.25, -0.2) is 4.79 Å². The first kappa shape index (κ1) is 19.0. The molecular formula is C22H26N2O3. The number of oxime groups is 1. The Morgan fingerprint density at radius 2 is 1.56 bits per heavy atom. The Bertz CT molecular complexity index is 697. The summed E-state index contributed by atoms with van der Waals surface area (Å²) in [6.07, 6.45) is 3.05. The minimum absolute atomic E-state index is 0.572. The van der Waals surface area contributed by atoms with E-state index in [1.165, 1.54) is 4.90 Å². The number of benzene rings is 2. The maximum Gasteiger partial charge on any atom is 0.407 e. The molecule has 3 rings (SSSR count). The van der Waals surface area contributed by atoms with Gasteiger partial charge in [0.15, 0.2) is 0 Å². The Hall–Kier alpha value is -2.82. The zero-order valence-corrected chi connectivity index (χ0v) is 15.5. The molecule has 5 heteroatoms. The molecule has 1 aliphatic heterocycles. The Kier molecular flexibility index (Phi) is 6.85. The summed E-state index contributed by atoms with van der Waals surface area (Å²) < 4.78 is 0. The van der Waals surface area contributed by atoms with Gasteiger partial charge in [-0.3, -0.25) is 0 Å². The summed E-state index contributed by atoms with van der Waals surface area (Å²) in [5, 5.41) is 13.4. The average molecular weight is 366 g/mol. The van der Waals surface area contributed by atoms with E-state index in [-0.39, 0.29) is 0 Å². The molecule has 0 spiro atoms. The summed E-state index contributed by atoms with van der Waals surface area (Å²) in [5.41, 5.74) is 2.90. The number of nitrogens with zero attached hydrogens (tertiary/aromatic N) is 2. The molecule has 2 aromatic rings. The summed E-state index contributed by atoms with van der Waals surface area (Å²) in [4.78, 5) is 18.1. The van der Waals surface area contributed by atoms with Crippen molar-refractivity contribution < 1.29 is 14.7 Å². The third-order valence-electron chi connectivity index (χ3n) is 4.98. The first-order valence-corrected chi connectivity index (χ1v) is 9.52. The van der Waals surface area contributed by atoms with E-state index in [0.29, 0.717) is 25.6 Å². The molecule has 27 heavy (non-hydrogen) atoms. The lowest BCUT2D eigenvalue weighted by atomic mass is 9.92. The molecule has 1 N–H and O–H groups in total. The number of hydrogen-bond acceptors (Lipinski definition) is 3. The van der Waals surface area contributed by atoms with Gasteiger partial charge in [-0.1, -0.05) is 65.8 Å². The Labute approximate surface area is 160 Å². The maximum atomic E-state index is 10.9. The Morgan fingerprint density at radius 1 is 1.00 bits per heavy atom. The second-order valence-electron chi connectivity index (χ2n) is 6.86. The number of piperidine rings is 1. The van der Waals surface area contributed by atoms with Crippen LogP contribution in [0.5, 0.6) is 0 Å². The molecule has 0 bridgehead atoms. The minimum atomic E-state index is -0.805. The van der Waals surface area contributed by atoms with E-state index in [4.69, 9.17) is 9.94 Å². The number of carbonyl (C=O) groups is 1. The van der Waals surface area contributed by atoms with Crippen molar-refractivity contribution in [2.75, 3.05) is 19.7 Å². The molecule has 142 valence electrons. The topological polar surface area (TPSA) is 62.1 Å². The van der Waals surface area contributed by atoms with E-state index < -0.39 is 6.09 Å². The Morgan fingerprint density at radius 3 is 2.07 bits per heavy atom. The molecule has 0 aliphatic carbocycles. The van der Waals surface area contributed by atoms with Gasteiger partial charge in [0.1, 0.15) is 12.3 Å². The third-order valence-corrected chi connectivity index (χ3v) is 4.98. The average Bonchev–Trinajstić information content (AvgIpc) is 2.72. The van der Waals surface area contributed by atoms with Gasteiger partial charge in [-0.15, -0.1) is 0 Å². The van der Waals surface area contributed by atoms with E-state index in [1.54, 1.807) is 0 Å². The molecule has 0 saturated carbocycles. The smallest absolute Gasteiger partial charge is 0.407 e. The maximum absolute atomic E-state index is 10.9. The number of hydrogen-bond donors (Lipinski definition) is 1. The largest absolute Gasteiger partial charge is 0.465 e. The highest BCUT2D eigenvalue weighted by Crippen LogP contribution is 2.22. The highest BCUT2D eigenvalue weighted by atomic mass is 16.6. The van der Waals surface area contributed by atoms with Crippen LogP contribution in [0.1, 0.15) is 36.8 Å². The highest BCUT2D eigenvalue weighted by molar-refractivity contribution is 6.12. The third kappa shape index (κ3) is 5.58. The second-order valence-corrected chi connectivity index (χ2v) is 6.86. The highest BCUT2D eigenvalue weighted by Gasteiger charge is 2.21. The normalized spacial score (nSPS) is 14.6. The van der Waals surface area contributed by atoms with Crippen LogP contribution in [0.15, 0.2) is 65.8 Å². The van der Waals surface area contributed by atoms with E-state index in [2.05, 4.69) is 5.16 Å². The monoisotopic (exact) mass is 366 g/mol. The second kappa shape index (κ2) is 9.76. The lowest BCUT2D eigenvalue weighted by molar-refractivity contribution is 0.113. The summed E-state index contributed by atoms with van der Waals surface area (Å²) >= 11 is 0. The standard InChI is InChI=1S/C22H26N2O3/c25-22(26)24-15-13-18(14-16-24)8-7-17-27-23-21(19-9-3-1-4-10-19)20-11-5-2-6-12-20/h1-6,9-12,18H,7-8,13-17H2,(H,25,26). The minimum Gasteiger partial charge on any atom is -0.465 e. The van der Waals surface area contributed by atoms with Crippen LogP contribution in [0.25, 0.3) is 0 Å². The van der Waals surface area contributed by atoms with Gasteiger partial charge in [0.05, 0.1) is 0 Å². The van der Waals surface area contributed by atoms with Gasteiger partial charge in [-0.2, -0.15) is 0 Å². The molecule has 1 fully saturated rings. The molecule has 1 saturated heterocycles. The zero-order valence-electron chi connectivity index (χ0n) is 15.5. The molecule has 0 aromatic heterocycles. The van der Waals surface area contributed by atoms with E-state index in [9.17, 15) is 4.79 Å². The first-order chi connectivity index (χ1) is 13.2. The quantitative estimate of drug-likeness (QED) is 0.442. The summed E-state index contributed by atoms with van der Waals surface area (Å²) in [6, 6.07) is 20.1. The molecular weight excluding hydrogens is 340 g/mol. The summed E-state index contributed by atoms with van der Waals surface area (Å²) in [6.45, 7) is 1.86. The van der Waals surface area contributed by atoms with Crippen molar-refractivity contribution in [2.45, 2.75) is 25.7 Å². The molecule has 0 atom stereocenters. The lowest BCUT2D eigenvalue weighted by Gasteiger charge is -2.29. The number of amides is 1. The van der Waals surface area contributed by atoms with Gasteiger partial charge in [0, 0.05) is 24.2 Å². The fourth-order valence-corrected chi connectivity index (χ4v) is 3.42. The Balaban J connectivity index is 1.50. The lowest BCUT2D eigenvalue weighted by Crippen LogP contribution is -2.37. The van der Waals surface area contributed by atoms with Crippen LogP contribution in [-0.4, -0.2) is 41.5 Å². The molecule has 0 unspecified atom stereocenters. The fourth-order valence-electron chi connectivity index (χ4n) is 3.42. The van der Waals surface area contributed by atoms with Gasteiger partial charge in [-0.05, 0) is 31.6 Å². The van der Waals surface area contributed by atoms with Gasteiger partial charge in [0.25, 0.3) is 0 Å². The molecule has 2 aromatic carbocycles. The van der Waals surface area contributed by atoms with Crippen molar-refractivity contribution in [3.63, 3.8) is 0 Å². The predicted octanol–water partition coefficient (Wildman–Crippen LogP) is 4.63. The fraction of sp³-hybridized carbons (Fsp3) is 0.364. The summed E-state index contributed by atoms with van der Waals surface area (Å²) in [7, 11) is 0. The van der Waals surface area contributed by atoms with E-state index in [1.807, 2.05) is 60.7 Å². The van der Waals surface area contributed by atoms with E-state index in [0.717, 1.165) is 42.5 Å². The van der Waals surface area contributed by atoms with Crippen molar-refractivity contribution in [1.82, 2.24) is 4.90 Å². The number of rotatable bonds is 7. The van der Waals surface area contributed by atoms with Crippen LogP contribution in [0.2, 0.25) is 0 Å². The van der Waals surface area contributed by atoms with Crippen LogP contribution < -0.4 is 0 Å². The van der Waals surface area contributed by atoms with Gasteiger partial charge < -0.3 is 14.8 Å². The molecule has 1 amide bonds. The zero-order chi connectivity index (χ0) is 18.9. The van der Waals surface area contributed by atoms with Crippen molar-refractivity contribution in [2.24, 2.45) is 11.1 Å². The molecule has 0 radical (unpaired) electrons. The number of carboxylic acid groups (broad SMARTS) is 1. The van der Waals surface area contributed by atoms with Crippen molar-refractivity contribution in [3.8, 4) is 0 Å². The van der Waals surface area contributed by atoms with Crippen LogP contribution in [0, 0.1) is 5.92 Å². The van der Waals surface area contributed by atoms with Crippen molar-refractivity contribution >= 4 is 11.8 Å². The van der Waals surface area contributed by atoms with Crippen LogP contribution >= 0.6 is 0 Å². The predicted molar refractivity (Wildman–Crippen MR) is 106 cm³/mol. The van der Waals surface area contributed by atoms with Crippen LogP contribution in [0.4, 0.5) is 4.79 Å². The van der Waals surface area contributed by atoms with Crippen LogP contribution in [-0.2, 0) is 4.84 Å². The summed E-state index contributed by atoms with van der Waals surface area (Å²) in [5.74, 6) is 0.580. The van der Waals surface area contributed by atoms with Crippen molar-refractivity contribution in [3.05, 3.63) is 71.8 Å². The van der Waals surface area contributed by atoms with Crippen LogP contribution in [0.3, 0.4) is 0 Å².